The lowest BCUT2D eigenvalue weighted by molar-refractivity contribution is 0.212. The molecule has 0 saturated carbocycles. The van der Waals surface area contributed by atoms with Gasteiger partial charge in [-0.1, -0.05) is 18.2 Å². The summed E-state index contributed by atoms with van der Waals surface area (Å²) < 4.78 is 4.24. The summed E-state index contributed by atoms with van der Waals surface area (Å²) in [6.07, 6.45) is 0.993. The molecule has 1 aromatic heterocycles. The van der Waals surface area contributed by atoms with Crippen molar-refractivity contribution >= 4 is 46.2 Å². The molecule has 18 heavy (non-hydrogen) atoms. The third-order valence-electron chi connectivity index (χ3n) is 2.50. The van der Waals surface area contributed by atoms with Crippen molar-refractivity contribution in [3.05, 3.63) is 36.5 Å². The van der Waals surface area contributed by atoms with E-state index < -0.39 is 6.09 Å². The van der Waals surface area contributed by atoms with Crippen LogP contribution >= 0.6 is 23.5 Å². The first kappa shape index (κ1) is 12.9. The summed E-state index contributed by atoms with van der Waals surface area (Å²) >= 11 is 10.8. The molecule has 0 spiro atoms. The molecule has 4 nitrogen and oxygen atoms in total. The molecule has 6 heteroatoms. The number of benzene rings is 1. The SMILES string of the molecule is O=C(OCl)N(CCCl)c1cccc2cccnc12. The molecule has 0 aliphatic heterocycles. The van der Waals surface area contributed by atoms with Gasteiger partial charge in [-0.05, 0) is 12.1 Å². The predicted octanol–water partition coefficient (Wildman–Crippen LogP) is 3.57. The number of halogens is 2. The van der Waals surface area contributed by atoms with Gasteiger partial charge in [0.1, 0.15) is 11.9 Å². The zero-order valence-corrected chi connectivity index (χ0v) is 10.9. The van der Waals surface area contributed by atoms with Gasteiger partial charge in [0.15, 0.2) is 0 Å². The lowest BCUT2D eigenvalue weighted by atomic mass is 10.2. The van der Waals surface area contributed by atoms with Crippen LogP contribution in [0, 0.1) is 0 Å². The molecule has 0 N–H and O–H groups in total. The fraction of sp³-hybridized carbons (Fsp3) is 0.167. The number of nitrogens with zero attached hydrogens (tertiary/aromatic N) is 2. The van der Waals surface area contributed by atoms with E-state index in [0.29, 0.717) is 17.7 Å². The highest BCUT2D eigenvalue weighted by molar-refractivity contribution is 6.19. The molecule has 1 heterocycles. The number of pyridine rings is 1. The molecular weight excluding hydrogens is 275 g/mol. The van der Waals surface area contributed by atoms with Crippen molar-refractivity contribution in [2.24, 2.45) is 0 Å². The average molecular weight is 285 g/mol. The van der Waals surface area contributed by atoms with Crippen LogP contribution in [0.1, 0.15) is 0 Å². The zero-order valence-electron chi connectivity index (χ0n) is 9.35. The highest BCUT2D eigenvalue weighted by Gasteiger charge is 2.19. The molecule has 0 saturated heterocycles. The van der Waals surface area contributed by atoms with Gasteiger partial charge in [-0.15, -0.1) is 11.6 Å². The highest BCUT2D eigenvalue weighted by Crippen LogP contribution is 2.25. The van der Waals surface area contributed by atoms with Gasteiger partial charge in [0, 0.05) is 24.0 Å². The van der Waals surface area contributed by atoms with Crippen LogP contribution < -0.4 is 4.90 Å². The van der Waals surface area contributed by atoms with E-state index in [4.69, 9.17) is 23.5 Å². The van der Waals surface area contributed by atoms with Crippen molar-refractivity contribution in [3.8, 4) is 0 Å². The van der Waals surface area contributed by atoms with E-state index in [1.165, 1.54) is 4.90 Å². The van der Waals surface area contributed by atoms with Crippen molar-refractivity contribution in [2.45, 2.75) is 0 Å². The standard InChI is InChI=1S/C12H10Cl2N2O2/c13-6-8-16(12(17)18-14)10-5-1-3-9-4-2-7-15-11(9)10/h1-5,7H,6,8H2. The van der Waals surface area contributed by atoms with Gasteiger partial charge in [0.05, 0.1) is 11.2 Å². The van der Waals surface area contributed by atoms with E-state index in [0.717, 1.165) is 5.39 Å². The Kier molecular flexibility index (Phi) is 4.23. The smallest absolute Gasteiger partial charge is 0.330 e. The Labute approximate surface area is 114 Å². The van der Waals surface area contributed by atoms with Crippen LogP contribution in [0.4, 0.5) is 10.5 Å². The molecule has 1 aromatic carbocycles. The molecule has 0 fully saturated rings. The van der Waals surface area contributed by atoms with Crippen molar-refractivity contribution < 1.29 is 9.08 Å². The molecule has 0 radical (unpaired) electrons. The summed E-state index contributed by atoms with van der Waals surface area (Å²) in [4.78, 5) is 17.3. The predicted molar refractivity (Wildman–Crippen MR) is 72.1 cm³/mol. The number of aromatic nitrogens is 1. The molecule has 1 amide bonds. The molecule has 94 valence electrons. The molecule has 0 unspecified atom stereocenters. The number of hydrogen-bond donors (Lipinski definition) is 0. The minimum Gasteiger partial charge on any atom is -0.330 e. The quantitative estimate of drug-likeness (QED) is 0.810. The molecular formula is C12H10Cl2N2O2. The number of hydrogen-bond acceptors (Lipinski definition) is 3. The molecule has 0 aliphatic carbocycles. The van der Waals surface area contributed by atoms with Gasteiger partial charge in [-0.2, -0.15) is 0 Å². The second-order valence-electron chi connectivity index (χ2n) is 3.54. The van der Waals surface area contributed by atoms with Crippen LogP contribution in [-0.4, -0.2) is 23.5 Å². The maximum Gasteiger partial charge on any atom is 0.432 e. The van der Waals surface area contributed by atoms with E-state index in [-0.39, 0.29) is 5.88 Å². The van der Waals surface area contributed by atoms with Gasteiger partial charge in [-0.3, -0.25) is 9.88 Å². The van der Waals surface area contributed by atoms with Gasteiger partial charge in [0.25, 0.3) is 0 Å². The summed E-state index contributed by atoms with van der Waals surface area (Å²) in [5, 5.41) is 0.928. The van der Waals surface area contributed by atoms with E-state index >= 15 is 0 Å². The normalized spacial score (nSPS) is 10.3. The Morgan fingerprint density at radius 2 is 2.11 bits per heavy atom. The van der Waals surface area contributed by atoms with E-state index in [9.17, 15) is 4.79 Å². The molecule has 0 atom stereocenters. The Morgan fingerprint density at radius 1 is 1.33 bits per heavy atom. The summed E-state index contributed by atoms with van der Waals surface area (Å²) in [6.45, 7) is 0.294. The number of fused-ring (bicyclic) bond motifs is 1. The Balaban J connectivity index is 2.53. The molecule has 0 bridgehead atoms. The van der Waals surface area contributed by atoms with Gasteiger partial charge < -0.3 is 4.29 Å². The number of amides is 1. The van der Waals surface area contributed by atoms with Gasteiger partial charge >= 0.3 is 6.09 Å². The third kappa shape index (κ3) is 2.49. The second kappa shape index (κ2) is 5.89. The largest absolute Gasteiger partial charge is 0.432 e. The van der Waals surface area contributed by atoms with Gasteiger partial charge in [-0.25, -0.2) is 4.79 Å². The first-order valence-corrected chi connectivity index (χ1v) is 6.12. The average Bonchev–Trinajstić information content (AvgIpc) is 2.43. The van der Waals surface area contributed by atoms with Crippen LogP contribution in [0.5, 0.6) is 0 Å². The summed E-state index contributed by atoms with van der Waals surface area (Å²) in [7, 11) is 0. The van der Waals surface area contributed by atoms with Crippen LogP contribution in [0.2, 0.25) is 0 Å². The number of carbonyl (C=O) groups excluding carboxylic acids is 1. The fourth-order valence-corrected chi connectivity index (χ4v) is 1.99. The minimum atomic E-state index is -0.671. The first-order valence-electron chi connectivity index (χ1n) is 5.27. The van der Waals surface area contributed by atoms with Crippen molar-refractivity contribution in [2.75, 3.05) is 17.3 Å². The maximum atomic E-state index is 11.6. The number of alkyl halides is 1. The van der Waals surface area contributed by atoms with Crippen molar-refractivity contribution in [3.63, 3.8) is 0 Å². The van der Waals surface area contributed by atoms with Crippen molar-refractivity contribution in [1.29, 1.82) is 0 Å². The van der Waals surface area contributed by atoms with Crippen molar-refractivity contribution in [1.82, 2.24) is 4.98 Å². The summed E-state index contributed by atoms with van der Waals surface area (Å²) in [5.74, 6) is 0.273. The topological polar surface area (TPSA) is 42.4 Å². The lowest BCUT2D eigenvalue weighted by Gasteiger charge is -2.20. The summed E-state index contributed by atoms with van der Waals surface area (Å²) in [6, 6.07) is 9.27. The number of carbonyl (C=O) groups is 1. The molecule has 2 rings (SSSR count). The monoisotopic (exact) mass is 284 g/mol. The highest BCUT2D eigenvalue weighted by atomic mass is 35.5. The first-order chi connectivity index (χ1) is 8.77. The van der Waals surface area contributed by atoms with Crippen LogP contribution in [0.25, 0.3) is 10.9 Å². The number of rotatable bonds is 3. The lowest BCUT2D eigenvalue weighted by Crippen LogP contribution is -2.31. The minimum absolute atomic E-state index is 0.273. The van der Waals surface area contributed by atoms with Crippen LogP contribution in [0.3, 0.4) is 0 Å². The van der Waals surface area contributed by atoms with E-state index in [1.54, 1.807) is 12.3 Å². The molecule has 0 aliphatic rings. The fourth-order valence-electron chi connectivity index (χ4n) is 1.74. The zero-order chi connectivity index (χ0) is 13.0. The Morgan fingerprint density at radius 3 is 2.83 bits per heavy atom. The van der Waals surface area contributed by atoms with E-state index in [2.05, 4.69) is 9.27 Å². The second-order valence-corrected chi connectivity index (χ2v) is 4.07. The number of anilines is 1. The Hall–Kier alpha value is -1.52. The maximum absolute atomic E-state index is 11.6. The van der Waals surface area contributed by atoms with Gasteiger partial charge in [0.2, 0.25) is 0 Å². The third-order valence-corrected chi connectivity index (χ3v) is 2.80. The van der Waals surface area contributed by atoms with Crippen LogP contribution in [0.15, 0.2) is 36.5 Å². The van der Waals surface area contributed by atoms with E-state index in [1.807, 2.05) is 24.3 Å². The Bertz CT molecular complexity index is 557. The molecule has 2 aromatic rings. The number of para-hydroxylation sites is 1. The van der Waals surface area contributed by atoms with Crippen LogP contribution in [-0.2, 0) is 4.29 Å². The summed E-state index contributed by atoms with van der Waals surface area (Å²) in [5.41, 5.74) is 1.33.